The van der Waals surface area contributed by atoms with Gasteiger partial charge in [0.1, 0.15) is 12.3 Å². The molecule has 0 saturated heterocycles. The van der Waals surface area contributed by atoms with Crippen LogP contribution in [0.15, 0.2) is 47.4 Å². The molecule has 25 heavy (non-hydrogen) atoms. The number of nitrogens with one attached hydrogen (secondary N) is 1. The molecule has 0 aliphatic carbocycles. The predicted octanol–water partition coefficient (Wildman–Crippen LogP) is 1.69. The Morgan fingerprint density at radius 3 is 2.84 bits per heavy atom. The number of hydrogen-bond acceptors (Lipinski definition) is 4. The summed E-state index contributed by atoms with van der Waals surface area (Å²) < 4.78 is 7.92. The molecule has 2 heterocycles. The van der Waals surface area contributed by atoms with Gasteiger partial charge in [0.05, 0.1) is 13.2 Å². The number of methoxy groups -OCH3 is 1. The van der Waals surface area contributed by atoms with Crippen molar-refractivity contribution in [1.29, 1.82) is 0 Å². The number of aromatic nitrogens is 3. The standard InChI is InChI=1S/C18H20N4O3/c1-12-7-8-15(25-3)14(10-12)13(2)19-17(23)11-22-18(24)21-9-5-4-6-16(21)20-22/h4-10,13H,11H2,1-3H3,(H,19,23). The van der Waals surface area contributed by atoms with Crippen LogP contribution in [0.1, 0.15) is 24.1 Å². The molecule has 7 nitrogen and oxygen atoms in total. The van der Waals surface area contributed by atoms with Gasteiger partial charge in [0, 0.05) is 11.8 Å². The van der Waals surface area contributed by atoms with Gasteiger partial charge in [-0.1, -0.05) is 23.8 Å². The Labute approximate surface area is 144 Å². The number of amides is 1. The fourth-order valence-electron chi connectivity index (χ4n) is 2.76. The van der Waals surface area contributed by atoms with Crippen molar-refractivity contribution >= 4 is 11.6 Å². The molecule has 3 aromatic rings. The van der Waals surface area contributed by atoms with Crippen LogP contribution in [-0.4, -0.2) is 27.2 Å². The molecule has 2 aromatic heterocycles. The van der Waals surface area contributed by atoms with E-state index in [1.165, 1.54) is 4.40 Å². The number of benzene rings is 1. The van der Waals surface area contributed by atoms with Gasteiger partial charge in [-0.2, -0.15) is 0 Å². The second-order valence-corrected chi connectivity index (χ2v) is 5.90. The van der Waals surface area contributed by atoms with Crippen LogP contribution in [0.2, 0.25) is 0 Å². The van der Waals surface area contributed by atoms with E-state index >= 15 is 0 Å². The van der Waals surface area contributed by atoms with Crippen molar-refractivity contribution in [3.63, 3.8) is 0 Å². The summed E-state index contributed by atoms with van der Waals surface area (Å²) in [5.41, 5.74) is 2.13. The minimum atomic E-state index is -0.341. The molecule has 1 unspecified atom stereocenters. The molecule has 0 aliphatic rings. The van der Waals surface area contributed by atoms with Crippen LogP contribution in [0.4, 0.5) is 0 Å². The molecule has 1 amide bonds. The Balaban J connectivity index is 1.77. The average molecular weight is 340 g/mol. The molecule has 0 bridgehead atoms. The highest BCUT2D eigenvalue weighted by molar-refractivity contribution is 5.76. The first-order valence-electron chi connectivity index (χ1n) is 7.97. The summed E-state index contributed by atoms with van der Waals surface area (Å²) in [5, 5.41) is 7.05. The quantitative estimate of drug-likeness (QED) is 0.767. The fourth-order valence-corrected chi connectivity index (χ4v) is 2.76. The van der Waals surface area contributed by atoms with Gasteiger partial charge in [-0.15, -0.1) is 5.10 Å². The predicted molar refractivity (Wildman–Crippen MR) is 93.7 cm³/mol. The first-order valence-corrected chi connectivity index (χ1v) is 7.97. The van der Waals surface area contributed by atoms with Gasteiger partial charge in [-0.05, 0) is 32.0 Å². The molecule has 3 rings (SSSR count). The van der Waals surface area contributed by atoms with Gasteiger partial charge >= 0.3 is 5.69 Å². The maximum Gasteiger partial charge on any atom is 0.350 e. The normalized spacial score (nSPS) is 12.1. The number of rotatable bonds is 5. The van der Waals surface area contributed by atoms with Gasteiger partial charge in [0.15, 0.2) is 5.65 Å². The zero-order valence-corrected chi connectivity index (χ0v) is 14.4. The first kappa shape index (κ1) is 16.8. The molecule has 130 valence electrons. The number of aryl methyl sites for hydroxylation is 1. The molecule has 0 saturated carbocycles. The zero-order chi connectivity index (χ0) is 18.0. The van der Waals surface area contributed by atoms with E-state index in [4.69, 9.17) is 4.74 Å². The highest BCUT2D eigenvalue weighted by atomic mass is 16.5. The molecule has 0 spiro atoms. The summed E-state index contributed by atoms with van der Waals surface area (Å²) in [6.45, 7) is 3.72. The van der Waals surface area contributed by atoms with E-state index in [1.807, 2.05) is 32.0 Å². The lowest BCUT2D eigenvalue weighted by Gasteiger charge is -2.18. The van der Waals surface area contributed by atoms with Gasteiger partial charge in [0.2, 0.25) is 5.91 Å². The van der Waals surface area contributed by atoms with Crippen molar-refractivity contribution in [2.24, 2.45) is 0 Å². The highest BCUT2D eigenvalue weighted by Crippen LogP contribution is 2.25. The lowest BCUT2D eigenvalue weighted by Crippen LogP contribution is -2.34. The molecule has 0 radical (unpaired) electrons. The van der Waals surface area contributed by atoms with Gasteiger partial charge in [0.25, 0.3) is 0 Å². The SMILES string of the molecule is COc1ccc(C)cc1C(C)NC(=O)Cn1nc2ccccn2c1=O. The van der Waals surface area contributed by atoms with Crippen molar-refractivity contribution < 1.29 is 9.53 Å². The summed E-state index contributed by atoms with van der Waals surface area (Å²) in [6.07, 6.45) is 1.62. The number of hydrogen-bond donors (Lipinski definition) is 1. The number of ether oxygens (including phenoxy) is 1. The van der Waals surface area contributed by atoms with Crippen LogP contribution < -0.4 is 15.7 Å². The van der Waals surface area contributed by atoms with Crippen LogP contribution in [0.5, 0.6) is 5.75 Å². The lowest BCUT2D eigenvalue weighted by atomic mass is 10.0. The van der Waals surface area contributed by atoms with E-state index < -0.39 is 0 Å². The van der Waals surface area contributed by atoms with E-state index in [9.17, 15) is 9.59 Å². The largest absolute Gasteiger partial charge is 0.496 e. The topological polar surface area (TPSA) is 77.6 Å². The smallest absolute Gasteiger partial charge is 0.350 e. The van der Waals surface area contributed by atoms with Crippen molar-refractivity contribution in [2.45, 2.75) is 26.4 Å². The molecule has 1 N–H and O–H groups in total. The van der Waals surface area contributed by atoms with Gasteiger partial charge in [-0.25, -0.2) is 9.48 Å². The highest BCUT2D eigenvalue weighted by Gasteiger charge is 2.16. The third-order valence-electron chi connectivity index (χ3n) is 4.01. The summed E-state index contributed by atoms with van der Waals surface area (Å²) in [4.78, 5) is 24.6. The van der Waals surface area contributed by atoms with E-state index in [2.05, 4.69) is 10.4 Å². The van der Waals surface area contributed by atoms with E-state index in [0.717, 1.165) is 15.8 Å². The number of nitrogens with zero attached hydrogens (tertiary/aromatic N) is 3. The Bertz CT molecular complexity index is 974. The first-order chi connectivity index (χ1) is 12.0. The molecular weight excluding hydrogens is 320 g/mol. The minimum Gasteiger partial charge on any atom is -0.496 e. The Kier molecular flexibility index (Phi) is 4.56. The van der Waals surface area contributed by atoms with Crippen molar-refractivity contribution in [3.8, 4) is 5.75 Å². The molecule has 0 fully saturated rings. The maximum atomic E-state index is 12.3. The van der Waals surface area contributed by atoms with Crippen molar-refractivity contribution in [1.82, 2.24) is 19.5 Å². The summed E-state index contributed by atoms with van der Waals surface area (Å²) in [7, 11) is 1.60. The lowest BCUT2D eigenvalue weighted by molar-refractivity contribution is -0.122. The van der Waals surface area contributed by atoms with E-state index in [-0.39, 0.29) is 24.2 Å². The monoisotopic (exact) mass is 340 g/mol. The summed E-state index contributed by atoms with van der Waals surface area (Å²) in [5.74, 6) is 0.421. The molecule has 7 heteroatoms. The van der Waals surface area contributed by atoms with E-state index in [1.54, 1.807) is 31.5 Å². The van der Waals surface area contributed by atoms with E-state index in [0.29, 0.717) is 11.4 Å². The van der Waals surface area contributed by atoms with Crippen LogP contribution in [0.25, 0.3) is 5.65 Å². The molecular formula is C18H20N4O3. The Morgan fingerprint density at radius 1 is 1.32 bits per heavy atom. The Hall–Kier alpha value is -3.09. The molecule has 1 aromatic carbocycles. The van der Waals surface area contributed by atoms with Crippen molar-refractivity contribution in [3.05, 3.63) is 64.2 Å². The van der Waals surface area contributed by atoms with Crippen LogP contribution in [0.3, 0.4) is 0 Å². The third-order valence-corrected chi connectivity index (χ3v) is 4.01. The van der Waals surface area contributed by atoms with Gasteiger partial charge in [-0.3, -0.25) is 9.20 Å². The van der Waals surface area contributed by atoms with Crippen LogP contribution >= 0.6 is 0 Å². The number of pyridine rings is 1. The third kappa shape index (κ3) is 3.40. The number of carbonyl (C=O) groups is 1. The number of carbonyl (C=O) groups excluding carboxylic acids is 1. The van der Waals surface area contributed by atoms with Crippen molar-refractivity contribution in [2.75, 3.05) is 7.11 Å². The molecule has 1 atom stereocenters. The fraction of sp³-hybridized carbons (Fsp3) is 0.278. The summed E-state index contributed by atoms with van der Waals surface area (Å²) in [6, 6.07) is 10.8. The minimum absolute atomic E-state index is 0.140. The number of fused-ring (bicyclic) bond motifs is 1. The average Bonchev–Trinajstić information content (AvgIpc) is 2.91. The maximum absolute atomic E-state index is 12.3. The second kappa shape index (κ2) is 6.80. The summed E-state index contributed by atoms with van der Waals surface area (Å²) >= 11 is 0. The Morgan fingerprint density at radius 2 is 2.12 bits per heavy atom. The van der Waals surface area contributed by atoms with Gasteiger partial charge < -0.3 is 10.1 Å². The second-order valence-electron chi connectivity index (χ2n) is 5.90. The molecule has 0 aliphatic heterocycles. The zero-order valence-electron chi connectivity index (χ0n) is 14.4. The van der Waals surface area contributed by atoms with Crippen LogP contribution in [-0.2, 0) is 11.3 Å². The van der Waals surface area contributed by atoms with Crippen LogP contribution in [0, 0.1) is 6.92 Å².